The summed E-state index contributed by atoms with van der Waals surface area (Å²) in [6.07, 6.45) is 1.76. The number of halogens is 1. The highest BCUT2D eigenvalue weighted by molar-refractivity contribution is 5.91. The number of hydrogen-bond acceptors (Lipinski definition) is 3. The van der Waals surface area contributed by atoms with Crippen molar-refractivity contribution < 1.29 is 18.7 Å². The first-order valence-corrected chi connectivity index (χ1v) is 8.17. The van der Waals surface area contributed by atoms with Gasteiger partial charge in [-0.15, -0.1) is 0 Å². The van der Waals surface area contributed by atoms with Gasteiger partial charge in [0.15, 0.2) is 0 Å². The third-order valence-corrected chi connectivity index (χ3v) is 4.42. The molecule has 1 atom stereocenters. The Kier molecular flexibility index (Phi) is 5.07. The Hall–Kier alpha value is -2.76. The fourth-order valence-electron chi connectivity index (χ4n) is 3.14. The number of benzene rings is 2. The molecule has 0 bridgehead atoms. The molecule has 25 heavy (non-hydrogen) atoms. The predicted octanol–water partition coefficient (Wildman–Crippen LogP) is 4.21. The molecule has 1 fully saturated rings. The van der Waals surface area contributed by atoms with Crippen LogP contribution in [0.5, 0.6) is 11.5 Å². The summed E-state index contributed by atoms with van der Waals surface area (Å²) in [5.74, 6) is 0.915. The van der Waals surface area contributed by atoms with Crippen LogP contribution in [0.2, 0.25) is 0 Å². The summed E-state index contributed by atoms with van der Waals surface area (Å²) in [4.78, 5) is 14.5. The highest BCUT2D eigenvalue weighted by Gasteiger charge is 2.30. The fourth-order valence-corrected chi connectivity index (χ4v) is 3.14. The third-order valence-electron chi connectivity index (χ3n) is 4.42. The molecular formula is C19H21FN2O3. The highest BCUT2D eigenvalue weighted by Crippen LogP contribution is 2.34. The van der Waals surface area contributed by atoms with Crippen LogP contribution in [0.1, 0.15) is 24.4 Å². The quantitative estimate of drug-likeness (QED) is 0.904. The van der Waals surface area contributed by atoms with Crippen LogP contribution in [-0.2, 0) is 0 Å². The van der Waals surface area contributed by atoms with Crippen molar-refractivity contribution in [3.05, 3.63) is 53.8 Å². The monoisotopic (exact) mass is 344 g/mol. The van der Waals surface area contributed by atoms with Crippen LogP contribution in [0.4, 0.5) is 14.9 Å². The van der Waals surface area contributed by atoms with Crippen molar-refractivity contribution in [2.75, 3.05) is 26.1 Å². The van der Waals surface area contributed by atoms with Gasteiger partial charge in [-0.1, -0.05) is 12.1 Å². The number of ether oxygens (including phenoxy) is 2. The summed E-state index contributed by atoms with van der Waals surface area (Å²) in [6.45, 7) is 0.653. The molecule has 1 N–H and O–H groups in total. The van der Waals surface area contributed by atoms with Crippen LogP contribution < -0.4 is 14.8 Å². The molecule has 5 nitrogen and oxygen atoms in total. The van der Waals surface area contributed by atoms with E-state index >= 15 is 0 Å². The van der Waals surface area contributed by atoms with E-state index in [9.17, 15) is 9.18 Å². The van der Waals surface area contributed by atoms with Gasteiger partial charge in [-0.25, -0.2) is 9.18 Å². The summed E-state index contributed by atoms with van der Waals surface area (Å²) in [7, 11) is 3.12. The van der Waals surface area contributed by atoms with Gasteiger partial charge in [0.2, 0.25) is 0 Å². The van der Waals surface area contributed by atoms with Crippen molar-refractivity contribution in [1.82, 2.24) is 4.90 Å². The zero-order valence-corrected chi connectivity index (χ0v) is 14.3. The number of carbonyl (C=O) groups excluding carboxylic acids is 1. The van der Waals surface area contributed by atoms with E-state index in [1.807, 2.05) is 0 Å². The Bertz CT molecular complexity index is 749. The Balaban J connectivity index is 1.79. The van der Waals surface area contributed by atoms with Crippen LogP contribution in [0.25, 0.3) is 0 Å². The summed E-state index contributed by atoms with van der Waals surface area (Å²) < 4.78 is 23.7. The van der Waals surface area contributed by atoms with E-state index in [-0.39, 0.29) is 17.9 Å². The SMILES string of the molecule is COc1ccc(OC)c(NC(=O)N2CCC[C@@H]2c2ccc(F)cc2)c1. The first-order valence-electron chi connectivity index (χ1n) is 8.17. The van der Waals surface area contributed by atoms with Crippen LogP contribution in [0, 0.1) is 5.82 Å². The van der Waals surface area contributed by atoms with Gasteiger partial charge in [0.05, 0.1) is 25.9 Å². The number of urea groups is 1. The van der Waals surface area contributed by atoms with Crippen LogP contribution in [-0.4, -0.2) is 31.7 Å². The first kappa shape index (κ1) is 17.1. The minimum atomic E-state index is -0.279. The maximum absolute atomic E-state index is 13.2. The number of hydrogen-bond donors (Lipinski definition) is 1. The minimum absolute atomic E-state index is 0.0581. The van der Waals surface area contributed by atoms with Crippen molar-refractivity contribution >= 4 is 11.7 Å². The zero-order chi connectivity index (χ0) is 17.8. The normalized spacial score (nSPS) is 16.6. The lowest BCUT2D eigenvalue weighted by atomic mass is 10.0. The van der Waals surface area contributed by atoms with E-state index in [2.05, 4.69) is 5.32 Å². The van der Waals surface area contributed by atoms with Crippen molar-refractivity contribution in [3.63, 3.8) is 0 Å². The van der Waals surface area contributed by atoms with E-state index in [4.69, 9.17) is 9.47 Å². The van der Waals surface area contributed by atoms with Crippen molar-refractivity contribution in [1.29, 1.82) is 0 Å². The smallest absolute Gasteiger partial charge is 0.322 e. The van der Waals surface area contributed by atoms with Gasteiger partial charge in [-0.3, -0.25) is 0 Å². The molecule has 2 aromatic carbocycles. The number of nitrogens with one attached hydrogen (secondary N) is 1. The van der Waals surface area contributed by atoms with Crippen LogP contribution >= 0.6 is 0 Å². The molecule has 1 aliphatic heterocycles. The molecule has 3 rings (SSSR count). The van der Waals surface area contributed by atoms with E-state index in [1.165, 1.54) is 12.1 Å². The van der Waals surface area contributed by atoms with Gasteiger partial charge in [0.1, 0.15) is 17.3 Å². The maximum atomic E-state index is 13.2. The molecular weight excluding hydrogens is 323 g/mol. The number of amides is 2. The Labute approximate surface area is 146 Å². The molecule has 1 heterocycles. The minimum Gasteiger partial charge on any atom is -0.497 e. The molecule has 0 aliphatic carbocycles. The molecule has 0 unspecified atom stereocenters. The molecule has 2 aromatic rings. The Morgan fingerprint density at radius 2 is 1.92 bits per heavy atom. The van der Waals surface area contributed by atoms with E-state index in [1.54, 1.807) is 49.5 Å². The van der Waals surface area contributed by atoms with Crippen molar-refractivity contribution in [2.24, 2.45) is 0 Å². The first-order chi connectivity index (χ1) is 12.1. The summed E-state index contributed by atoms with van der Waals surface area (Å²) in [5.41, 5.74) is 1.49. The second kappa shape index (κ2) is 7.42. The number of likely N-dealkylation sites (tertiary alicyclic amines) is 1. The lowest BCUT2D eigenvalue weighted by Crippen LogP contribution is -2.34. The summed E-state index contributed by atoms with van der Waals surface area (Å²) in [5, 5.41) is 2.90. The second-order valence-electron chi connectivity index (χ2n) is 5.90. The molecule has 0 saturated carbocycles. The molecule has 0 radical (unpaired) electrons. The highest BCUT2D eigenvalue weighted by atomic mass is 19.1. The van der Waals surface area contributed by atoms with E-state index < -0.39 is 0 Å². The number of carbonyl (C=O) groups is 1. The van der Waals surface area contributed by atoms with Crippen LogP contribution in [0.3, 0.4) is 0 Å². The molecule has 1 saturated heterocycles. The standard InChI is InChI=1S/C19H21FN2O3/c1-24-15-9-10-18(25-2)16(12-15)21-19(23)22-11-3-4-17(22)13-5-7-14(20)8-6-13/h5-10,12,17H,3-4,11H2,1-2H3,(H,21,23)/t17-/m1/s1. The predicted molar refractivity (Wildman–Crippen MR) is 93.6 cm³/mol. The fraction of sp³-hybridized carbons (Fsp3) is 0.316. The number of anilines is 1. The average Bonchev–Trinajstić information content (AvgIpc) is 3.12. The molecule has 2 amide bonds. The van der Waals surface area contributed by atoms with Gasteiger partial charge < -0.3 is 19.7 Å². The molecule has 0 spiro atoms. The van der Waals surface area contributed by atoms with Gasteiger partial charge in [-0.05, 0) is 42.7 Å². The van der Waals surface area contributed by atoms with E-state index in [0.29, 0.717) is 23.7 Å². The lowest BCUT2D eigenvalue weighted by Gasteiger charge is -2.26. The molecule has 132 valence electrons. The van der Waals surface area contributed by atoms with Gasteiger partial charge in [0.25, 0.3) is 0 Å². The zero-order valence-electron chi connectivity index (χ0n) is 14.3. The molecule has 0 aromatic heterocycles. The molecule has 1 aliphatic rings. The number of nitrogens with zero attached hydrogens (tertiary/aromatic N) is 1. The van der Waals surface area contributed by atoms with Gasteiger partial charge in [-0.2, -0.15) is 0 Å². The van der Waals surface area contributed by atoms with Crippen LogP contribution in [0.15, 0.2) is 42.5 Å². The summed E-state index contributed by atoms with van der Waals surface area (Å²) >= 11 is 0. The lowest BCUT2D eigenvalue weighted by molar-refractivity contribution is 0.207. The third kappa shape index (κ3) is 3.68. The second-order valence-corrected chi connectivity index (χ2v) is 5.90. The largest absolute Gasteiger partial charge is 0.497 e. The average molecular weight is 344 g/mol. The molecule has 6 heteroatoms. The van der Waals surface area contributed by atoms with Crippen molar-refractivity contribution in [3.8, 4) is 11.5 Å². The number of rotatable bonds is 4. The number of methoxy groups -OCH3 is 2. The Morgan fingerprint density at radius 3 is 2.60 bits per heavy atom. The maximum Gasteiger partial charge on any atom is 0.322 e. The topological polar surface area (TPSA) is 50.8 Å². The Morgan fingerprint density at radius 1 is 1.16 bits per heavy atom. The summed E-state index contributed by atoms with van der Waals surface area (Å²) in [6, 6.07) is 11.3. The van der Waals surface area contributed by atoms with Crippen molar-refractivity contribution in [2.45, 2.75) is 18.9 Å². The van der Waals surface area contributed by atoms with Gasteiger partial charge >= 0.3 is 6.03 Å². The van der Waals surface area contributed by atoms with Gasteiger partial charge in [0, 0.05) is 12.6 Å². The van der Waals surface area contributed by atoms with E-state index in [0.717, 1.165) is 18.4 Å².